The number of hydrogen-bond acceptors (Lipinski definition) is 3. The predicted molar refractivity (Wildman–Crippen MR) is 60.8 cm³/mol. The second-order valence-corrected chi connectivity index (χ2v) is 5.45. The van der Waals surface area contributed by atoms with Gasteiger partial charge in [-0.3, -0.25) is 9.69 Å². The number of Topliss-reactive ketones (excluding diaryl/α,β-unsaturated/α-hetero) is 1. The molecule has 0 aliphatic heterocycles. The topological polar surface area (TPSA) is 40.5 Å². The Morgan fingerprint density at radius 1 is 1.40 bits per heavy atom. The van der Waals surface area contributed by atoms with E-state index in [1.165, 1.54) is 19.3 Å². The van der Waals surface area contributed by atoms with Crippen LogP contribution in [0.5, 0.6) is 0 Å². The van der Waals surface area contributed by atoms with Crippen LogP contribution in [0.4, 0.5) is 0 Å². The zero-order chi connectivity index (χ0) is 11.5. The van der Waals surface area contributed by atoms with Gasteiger partial charge in [-0.1, -0.05) is 27.2 Å². The monoisotopic (exact) mass is 213 g/mol. The molecule has 1 saturated carbocycles. The lowest BCUT2D eigenvalue weighted by molar-refractivity contribution is -0.128. The third-order valence-corrected chi connectivity index (χ3v) is 3.16. The van der Waals surface area contributed by atoms with Crippen LogP contribution in [0.15, 0.2) is 0 Å². The molecule has 0 spiro atoms. The number of aliphatic hydroxyl groups excluding tert-OH is 1. The number of nitrogens with zero attached hydrogens (tertiary/aromatic N) is 1. The molecule has 1 rings (SSSR count). The summed E-state index contributed by atoms with van der Waals surface area (Å²) in [6.07, 6.45) is 3.62. The van der Waals surface area contributed by atoms with Crippen molar-refractivity contribution in [2.75, 3.05) is 19.7 Å². The van der Waals surface area contributed by atoms with Gasteiger partial charge in [-0.25, -0.2) is 0 Å². The molecule has 0 saturated heterocycles. The molecule has 0 atom stereocenters. The largest absolute Gasteiger partial charge is 0.395 e. The van der Waals surface area contributed by atoms with Gasteiger partial charge in [0.15, 0.2) is 5.78 Å². The van der Waals surface area contributed by atoms with E-state index < -0.39 is 0 Å². The highest BCUT2D eigenvalue weighted by atomic mass is 16.3. The minimum absolute atomic E-state index is 0.147. The van der Waals surface area contributed by atoms with Crippen LogP contribution in [0, 0.1) is 5.41 Å². The van der Waals surface area contributed by atoms with Gasteiger partial charge in [0.05, 0.1) is 13.2 Å². The summed E-state index contributed by atoms with van der Waals surface area (Å²) in [5.41, 5.74) is -0.266. The van der Waals surface area contributed by atoms with Gasteiger partial charge >= 0.3 is 0 Å². The van der Waals surface area contributed by atoms with Crippen molar-refractivity contribution in [3.05, 3.63) is 0 Å². The fourth-order valence-corrected chi connectivity index (χ4v) is 1.69. The molecule has 88 valence electrons. The molecule has 1 N–H and O–H groups in total. The molecular formula is C12H23NO2. The smallest absolute Gasteiger partial charge is 0.152 e. The van der Waals surface area contributed by atoms with Crippen LogP contribution in [0.1, 0.15) is 40.0 Å². The van der Waals surface area contributed by atoms with Crippen molar-refractivity contribution in [2.24, 2.45) is 5.41 Å². The second kappa shape index (κ2) is 5.08. The first-order valence-corrected chi connectivity index (χ1v) is 5.83. The lowest BCUT2D eigenvalue weighted by Gasteiger charge is -2.37. The quantitative estimate of drug-likeness (QED) is 0.751. The SMILES string of the molecule is CC(C)(C)C(=O)CN(CCO)C1CCC1. The standard InChI is InChI=1S/C12H23NO2/c1-12(2,3)11(15)9-13(7-8-14)10-5-4-6-10/h10,14H,4-9H2,1-3H3. The zero-order valence-corrected chi connectivity index (χ0v) is 10.1. The van der Waals surface area contributed by atoms with Gasteiger partial charge in [0, 0.05) is 18.0 Å². The number of hydrogen-bond donors (Lipinski definition) is 1. The van der Waals surface area contributed by atoms with Gasteiger partial charge in [-0.05, 0) is 12.8 Å². The number of carbonyl (C=O) groups is 1. The van der Waals surface area contributed by atoms with E-state index in [0.29, 0.717) is 19.1 Å². The van der Waals surface area contributed by atoms with E-state index in [2.05, 4.69) is 4.90 Å². The van der Waals surface area contributed by atoms with Gasteiger partial charge in [0.1, 0.15) is 0 Å². The molecule has 15 heavy (non-hydrogen) atoms. The van der Waals surface area contributed by atoms with Gasteiger partial charge in [-0.2, -0.15) is 0 Å². The molecule has 0 aromatic carbocycles. The Balaban J connectivity index is 2.46. The summed E-state index contributed by atoms with van der Waals surface area (Å²) in [4.78, 5) is 14.0. The Morgan fingerprint density at radius 3 is 2.33 bits per heavy atom. The molecular weight excluding hydrogens is 190 g/mol. The zero-order valence-electron chi connectivity index (χ0n) is 10.1. The van der Waals surface area contributed by atoms with E-state index in [1.54, 1.807) is 0 Å². The molecule has 0 aromatic heterocycles. The fraction of sp³-hybridized carbons (Fsp3) is 0.917. The first kappa shape index (κ1) is 12.7. The normalized spacial score (nSPS) is 17.9. The molecule has 0 aromatic rings. The summed E-state index contributed by atoms with van der Waals surface area (Å²) < 4.78 is 0. The first-order valence-electron chi connectivity index (χ1n) is 5.83. The lowest BCUT2D eigenvalue weighted by Crippen LogP contribution is -2.46. The van der Waals surface area contributed by atoms with Crippen molar-refractivity contribution in [1.82, 2.24) is 4.90 Å². The highest BCUT2D eigenvalue weighted by Crippen LogP contribution is 2.25. The second-order valence-electron chi connectivity index (χ2n) is 5.45. The Kier molecular flexibility index (Phi) is 4.29. The van der Waals surface area contributed by atoms with Crippen LogP contribution in [-0.2, 0) is 4.79 Å². The molecule has 3 nitrogen and oxygen atoms in total. The molecule has 0 radical (unpaired) electrons. The van der Waals surface area contributed by atoms with Crippen molar-refractivity contribution >= 4 is 5.78 Å². The maximum absolute atomic E-state index is 11.9. The van der Waals surface area contributed by atoms with Gasteiger partial charge in [0.25, 0.3) is 0 Å². The van der Waals surface area contributed by atoms with E-state index in [0.717, 1.165) is 0 Å². The molecule has 1 aliphatic carbocycles. The molecule has 0 heterocycles. The summed E-state index contributed by atoms with van der Waals surface area (Å²) in [6, 6.07) is 0.531. The van der Waals surface area contributed by atoms with E-state index in [9.17, 15) is 4.79 Å². The van der Waals surface area contributed by atoms with E-state index >= 15 is 0 Å². The molecule has 1 fully saturated rings. The minimum Gasteiger partial charge on any atom is -0.395 e. The summed E-state index contributed by atoms with van der Waals surface area (Å²) in [7, 11) is 0. The average molecular weight is 213 g/mol. The van der Waals surface area contributed by atoms with Crippen molar-refractivity contribution in [3.8, 4) is 0 Å². The Labute approximate surface area is 92.5 Å². The number of aliphatic hydroxyl groups is 1. The number of ketones is 1. The van der Waals surface area contributed by atoms with Crippen molar-refractivity contribution < 1.29 is 9.90 Å². The van der Waals surface area contributed by atoms with Crippen LogP contribution in [0.3, 0.4) is 0 Å². The van der Waals surface area contributed by atoms with Crippen molar-refractivity contribution in [2.45, 2.75) is 46.1 Å². The van der Waals surface area contributed by atoms with E-state index in [4.69, 9.17) is 5.11 Å². The lowest BCUT2D eigenvalue weighted by atomic mass is 9.87. The van der Waals surface area contributed by atoms with Gasteiger partial charge < -0.3 is 5.11 Å². The summed E-state index contributed by atoms with van der Waals surface area (Å²) in [5, 5.41) is 8.97. The molecule has 0 amide bonds. The molecule has 0 unspecified atom stereocenters. The maximum Gasteiger partial charge on any atom is 0.152 e. The highest BCUT2D eigenvalue weighted by Gasteiger charge is 2.29. The van der Waals surface area contributed by atoms with Gasteiger partial charge in [-0.15, -0.1) is 0 Å². The Bertz CT molecular complexity index is 216. The summed E-state index contributed by atoms with van der Waals surface area (Å²) in [6.45, 7) is 7.13. The van der Waals surface area contributed by atoms with Crippen molar-refractivity contribution in [1.29, 1.82) is 0 Å². The first-order chi connectivity index (χ1) is 6.95. The fourth-order valence-electron chi connectivity index (χ4n) is 1.69. The Hall–Kier alpha value is -0.410. The van der Waals surface area contributed by atoms with Crippen LogP contribution < -0.4 is 0 Å². The summed E-state index contributed by atoms with van der Waals surface area (Å²) >= 11 is 0. The van der Waals surface area contributed by atoms with E-state index in [-0.39, 0.29) is 17.8 Å². The van der Waals surface area contributed by atoms with Crippen LogP contribution >= 0.6 is 0 Å². The predicted octanol–water partition coefficient (Wildman–Crippen LogP) is 1.45. The number of rotatable bonds is 5. The van der Waals surface area contributed by atoms with E-state index in [1.807, 2.05) is 20.8 Å². The molecule has 0 bridgehead atoms. The number of carbonyl (C=O) groups excluding carboxylic acids is 1. The van der Waals surface area contributed by atoms with Crippen LogP contribution in [0.2, 0.25) is 0 Å². The highest BCUT2D eigenvalue weighted by molar-refractivity contribution is 5.85. The van der Waals surface area contributed by atoms with Crippen LogP contribution in [0.25, 0.3) is 0 Å². The maximum atomic E-state index is 11.9. The van der Waals surface area contributed by atoms with Crippen LogP contribution in [-0.4, -0.2) is 41.5 Å². The molecule has 1 aliphatic rings. The summed E-state index contributed by atoms with van der Waals surface area (Å²) in [5.74, 6) is 0.267. The van der Waals surface area contributed by atoms with Gasteiger partial charge in [0.2, 0.25) is 0 Å². The minimum atomic E-state index is -0.266. The molecule has 3 heteroatoms. The third-order valence-electron chi connectivity index (χ3n) is 3.16. The Morgan fingerprint density at radius 2 is 2.00 bits per heavy atom. The average Bonchev–Trinajstić information content (AvgIpc) is 1.99. The third kappa shape index (κ3) is 3.58. The van der Waals surface area contributed by atoms with Crippen molar-refractivity contribution in [3.63, 3.8) is 0 Å².